The van der Waals surface area contributed by atoms with E-state index in [9.17, 15) is 0 Å². The van der Waals surface area contributed by atoms with Crippen LogP contribution in [0.3, 0.4) is 0 Å². The molecule has 2 heterocycles. The summed E-state index contributed by atoms with van der Waals surface area (Å²) >= 11 is 0. The third kappa shape index (κ3) is 2.21. The number of hydrogen-bond donors (Lipinski definition) is 0. The van der Waals surface area contributed by atoms with E-state index in [-0.39, 0.29) is 0 Å². The maximum absolute atomic E-state index is 2.44. The summed E-state index contributed by atoms with van der Waals surface area (Å²) in [5.41, 5.74) is 8.43. The van der Waals surface area contributed by atoms with Crippen LogP contribution < -0.4 is 9.47 Å². The van der Waals surface area contributed by atoms with E-state index in [0.29, 0.717) is 0 Å². The molecule has 0 spiro atoms. The molecule has 0 unspecified atom stereocenters. The van der Waals surface area contributed by atoms with Crippen LogP contribution in [-0.2, 0) is 13.5 Å². The molecule has 0 amide bonds. The van der Waals surface area contributed by atoms with Crippen LogP contribution in [0.2, 0.25) is 0 Å². The minimum Gasteiger partial charge on any atom is -0.338 e. The Hall–Kier alpha value is -2.35. The lowest BCUT2D eigenvalue weighted by Crippen LogP contribution is -2.35. The molecule has 0 N–H and O–H groups in total. The Kier molecular flexibility index (Phi) is 3.56. The Morgan fingerprint density at radius 1 is 1.08 bits per heavy atom. The molecule has 2 aromatic carbocycles. The van der Waals surface area contributed by atoms with Gasteiger partial charge in [-0.1, -0.05) is 49.9 Å². The molecule has 3 aromatic rings. The van der Waals surface area contributed by atoms with E-state index in [4.69, 9.17) is 0 Å². The van der Waals surface area contributed by atoms with Crippen LogP contribution in [0.15, 0.2) is 42.6 Å². The lowest BCUT2D eigenvalue weighted by Gasteiger charge is -2.31. The van der Waals surface area contributed by atoms with Gasteiger partial charge >= 0.3 is 0 Å². The van der Waals surface area contributed by atoms with Crippen LogP contribution in [0.25, 0.3) is 22.0 Å². The molecule has 1 aliphatic heterocycles. The summed E-state index contributed by atoms with van der Waals surface area (Å²) in [6.07, 6.45) is 9.08. The SMILES string of the molecule is Cc1ccc2cccc3c2c1-c1c(c(CC2CCCC2)cc[n+]1C)N3C. The second-order valence-electron chi connectivity index (χ2n) is 8.20. The van der Waals surface area contributed by atoms with Gasteiger partial charge in [0.1, 0.15) is 12.7 Å². The number of aromatic nitrogens is 1. The molecular weight excluding hydrogens is 316 g/mol. The first-order chi connectivity index (χ1) is 12.6. The first-order valence-electron chi connectivity index (χ1n) is 9.93. The first kappa shape index (κ1) is 15.9. The molecule has 0 radical (unpaired) electrons. The van der Waals surface area contributed by atoms with Gasteiger partial charge in [-0.05, 0) is 41.8 Å². The zero-order valence-corrected chi connectivity index (χ0v) is 16.0. The van der Waals surface area contributed by atoms with Crippen molar-refractivity contribution in [2.24, 2.45) is 13.0 Å². The standard InChI is InChI=1S/C24H27N2/c1-16-11-12-18-9-6-10-20-22(18)21(16)24-23(26(20)3)19(13-14-25(24)2)15-17-7-4-5-8-17/h6,9-14,17H,4-5,7-8,15H2,1-3H3/q+1. The maximum Gasteiger partial charge on any atom is 0.237 e. The Morgan fingerprint density at radius 2 is 1.88 bits per heavy atom. The molecule has 1 aromatic heterocycles. The predicted octanol–water partition coefficient (Wildman–Crippen LogP) is 5.45. The number of rotatable bonds is 2. The highest BCUT2D eigenvalue weighted by Crippen LogP contribution is 2.48. The van der Waals surface area contributed by atoms with Crippen molar-refractivity contribution >= 4 is 22.1 Å². The number of aryl methyl sites for hydroxylation is 2. The van der Waals surface area contributed by atoms with Crippen molar-refractivity contribution in [3.05, 3.63) is 53.7 Å². The number of hydrogen-bond acceptors (Lipinski definition) is 1. The third-order valence-electron chi connectivity index (χ3n) is 6.53. The Balaban J connectivity index is 1.81. The van der Waals surface area contributed by atoms with Crippen LogP contribution >= 0.6 is 0 Å². The molecule has 1 aliphatic carbocycles. The van der Waals surface area contributed by atoms with Gasteiger partial charge in [0.05, 0.1) is 5.56 Å². The summed E-state index contributed by atoms with van der Waals surface area (Å²) in [7, 11) is 4.44. The van der Waals surface area contributed by atoms with Gasteiger partial charge in [0.15, 0.2) is 6.20 Å². The minimum absolute atomic E-state index is 0.856. The maximum atomic E-state index is 2.44. The second-order valence-corrected chi connectivity index (χ2v) is 8.20. The highest BCUT2D eigenvalue weighted by Gasteiger charge is 2.33. The second kappa shape index (κ2) is 5.84. The number of fused-ring (bicyclic) bond motifs is 2. The van der Waals surface area contributed by atoms with Gasteiger partial charge in [-0.25, -0.2) is 0 Å². The molecule has 0 saturated heterocycles. The molecule has 2 aliphatic rings. The summed E-state index contributed by atoms with van der Waals surface area (Å²) in [4.78, 5) is 2.44. The zero-order chi connectivity index (χ0) is 17.8. The van der Waals surface area contributed by atoms with E-state index in [1.54, 1.807) is 0 Å². The van der Waals surface area contributed by atoms with Gasteiger partial charge in [0.25, 0.3) is 0 Å². The largest absolute Gasteiger partial charge is 0.338 e. The quantitative estimate of drug-likeness (QED) is 0.561. The van der Waals surface area contributed by atoms with Crippen LogP contribution in [0.5, 0.6) is 0 Å². The fraction of sp³-hybridized carbons (Fsp3) is 0.375. The Morgan fingerprint density at radius 3 is 2.69 bits per heavy atom. The summed E-state index contributed by atoms with van der Waals surface area (Å²) in [6.45, 7) is 2.25. The molecule has 1 saturated carbocycles. The van der Waals surface area contributed by atoms with E-state index in [2.05, 4.69) is 73.1 Å². The van der Waals surface area contributed by atoms with Crippen molar-refractivity contribution in [1.82, 2.24) is 0 Å². The lowest BCUT2D eigenvalue weighted by atomic mass is 9.88. The van der Waals surface area contributed by atoms with Crippen molar-refractivity contribution in [3.8, 4) is 11.3 Å². The van der Waals surface area contributed by atoms with Gasteiger partial charge in [-0.15, -0.1) is 0 Å². The van der Waals surface area contributed by atoms with E-state index in [1.807, 2.05) is 0 Å². The fourth-order valence-corrected chi connectivity index (χ4v) is 5.20. The van der Waals surface area contributed by atoms with E-state index >= 15 is 0 Å². The molecular formula is C24H27N2+. The van der Waals surface area contributed by atoms with Crippen LogP contribution in [-0.4, -0.2) is 7.05 Å². The Labute approximate surface area is 156 Å². The van der Waals surface area contributed by atoms with Crippen LogP contribution in [0.1, 0.15) is 36.8 Å². The molecule has 26 heavy (non-hydrogen) atoms. The van der Waals surface area contributed by atoms with Crippen molar-refractivity contribution in [3.63, 3.8) is 0 Å². The molecule has 0 bridgehead atoms. The summed E-state index contributed by atoms with van der Waals surface area (Å²) in [5, 5.41) is 2.73. The zero-order valence-electron chi connectivity index (χ0n) is 16.0. The number of pyridine rings is 1. The highest BCUT2D eigenvalue weighted by atomic mass is 15.1. The van der Waals surface area contributed by atoms with Crippen molar-refractivity contribution in [1.29, 1.82) is 0 Å². The minimum atomic E-state index is 0.856. The number of nitrogens with zero attached hydrogens (tertiary/aromatic N) is 2. The molecule has 132 valence electrons. The van der Waals surface area contributed by atoms with E-state index in [1.165, 1.54) is 76.6 Å². The van der Waals surface area contributed by atoms with Gasteiger partial charge < -0.3 is 4.90 Å². The fourth-order valence-electron chi connectivity index (χ4n) is 5.20. The number of anilines is 2. The highest BCUT2D eigenvalue weighted by molar-refractivity contribution is 6.11. The van der Waals surface area contributed by atoms with Crippen molar-refractivity contribution in [2.45, 2.75) is 39.0 Å². The van der Waals surface area contributed by atoms with Crippen molar-refractivity contribution in [2.75, 3.05) is 11.9 Å². The average molecular weight is 343 g/mol. The summed E-state index contributed by atoms with van der Waals surface area (Å²) < 4.78 is 2.32. The Bertz CT molecular complexity index is 1010. The van der Waals surface area contributed by atoms with Gasteiger partial charge in [-0.3, -0.25) is 0 Å². The van der Waals surface area contributed by atoms with E-state index in [0.717, 1.165) is 5.92 Å². The monoisotopic (exact) mass is 343 g/mol. The average Bonchev–Trinajstić information content (AvgIpc) is 3.15. The van der Waals surface area contributed by atoms with E-state index < -0.39 is 0 Å². The van der Waals surface area contributed by atoms with Gasteiger partial charge in [0.2, 0.25) is 5.69 Å². The normalized spacial score (nSPS) is 16.3. The van der Waals surface area contributed by atoms with Gasteiger partial charge in [-0.2, -0.15) is 4.57 Å². The molecule has 2 nitrogen and oxygen atoms in total. The van der Waals surface area contributed by atoms with Gasteiger partial charge in [0, 0.05) is 24.2 Å². The molecule has 0 atom stereocenters. The topological polar surface area (TPSA) is 7.12 Å². The summed E-state index contributed by atoms with van der Waals surface area (Å²) in [6, 6.07) is 13.6. The van der Waals surface area contributed by atoms with Crippen LogP contribution in [0.4, 0.5) is 11.4 Å². The molecule has 5 rings (SSSR count). The van der Waals surface area contributed by atoms with Crippen LogP contribution in [0, 0.1) is 12.8 Å². The number of benzene rings is 2. The summed E-state index contributed by atoms with van der Waals surface area (Å²) in [5.74, 6) is 0.856. The molecule has 2 heteroatoms. The lowest BCUT2D eigenvalue weighted by molar-refractivity contribution is -0.659. The predicted molar refractivity (Wildman–Crippen MR) is 109 cm³/mol. The third-order valence-corrected chi connectivity index (χ3v) is 6.53. The smallest absolute Gasteiger partial charge is 0.237 e. The van der Waals surface area contributed by atoms with Crippen molar-refractivity contribution < 1.29 is 4.57 Å². The first-order valence-corrected chi connectivity index (χ1v) is 9.93. The molecule has 1 fully saturated rings.